The van der Waals surface area contributed by atoms with E-state index in [2.05, 4.69) is 40.3 Å². The summed E-state index contributed by atoms with van der Waals surface area (Å²) in [6.45, 7) is 0. The van der Waals surface area contributed by atoms with Crippen molar-refractivity contribution in [2.45, 2.75) is 49.8 Å². The Morgan fingerprint density at radius 1 is 0.950 bits per heavy atom. The van der Waals surface area contributed by atoms with Crippen LogP contribution in [0.4, 0.5) is 0 Å². The average Bonchev–Trinajstić information content (AvgIpc) is 2.41. The van der Waals surface area contributed by atoms with Gasteiger partial charge in [0.05, 0.1) is 0 Å². The fraction of sp³-hybridized carbons (Fsp3) is 0.600. The van der Waals surface area contributed by atoms with Crippen molar-refractivity contribution < 1.29 is 14.4 Å². The maximum absolute atomic E-state index is 10.7. The van der Waals surface area contributed by atoms with Crippen LogP contribution in [0.5, 0.6) is 0 Å². The van der Waals surface area contributed by atoms with Crippen molar-refractivity contribution in [1.29, 1.82) is 0 Å². The third kappa shape index (κ3) is 8.94. The predicted molar refractivity (Wildman–Crippen MR) is 85.6 cm³/mol. The zero-order valence-corrected chi connectivity index (χ0v) is 14.6. The van der Waals surface area contributed by atoms with Gasteiger partial charge in [-0.3, -0.25) is 0 Å². The molecule has 0 bridgehead atoms. The van der Waals surface area contributed by atoms with Crippen LogP contribution in [0.1, 0.15) is 55.3 Å². The first kappa shape index (κ1) is 17.9. The summed E-state index contributed by atoms with van der Waals surface area (Å²) in [6, 6.07) is 10.5. The quantitative estimate of drug-likeness (QED) is 0.380. The Balaban J connectivity index is 1.99. The summed E-state index contributed by atoms with van der Waals surface area (Å²) < 4.78 is 10.7. The Labute approximate surface area is 130 Å². The first-order chi connectivity index (χ1) is 9.49. The van der Waals surface area contributed by atoms with Gasteiger partial charge in [-0.05, 0) is 0 Å². The minimum absolute atomic E-state index is 0.0372. The molecule has 1 rings (SSSR count). The second-order valence-corrected chi connectivity index (χ2v) is 8.31. The van der Waals surface area contributed by atoms with E-state index in [1.807, 2.05) is 6.07 Å². The molecule has 1 aromatic rings. The SMILES string of the molecule is O=P(O)(O)CCCCCCCCC([SeH])c1ccccc1. The minimum atomic E-state index is -3.78. The van der Waals surface area contributed by atoms with Gasteiger partial charge in [-0.1, -0.05) is 0 Å². The second kappa shape index (κ2) is 9.76. The molecule has 1 atom stereocenters. The third-order valence-electron chi connectivity index (χ3n) is 3.36. The molecule has 114 valence electrons. The van der Waals surface area contributed by atoms with Gasteiger partial charge in [-0.2, -0.15) is 0 Å². The van der Waals surface area contributed by atoms with Crippen LogP contribution in [-0.2, 0) is 4.57 Å². The Kier molecular flexibility index (Phi) is 8.75. The van der Waals surface area contributed by atoms with Gasteiger partial charge in [-0.15, -0.1) is 0 Å². The van der Waals surface area contributed by atoms with Gasteiger partial charge in [0.1, 0.15) is 0 Å². The van der Waals surface area contributed by atoms with Gasteiger partial charge < -0.3 is 0 Å². The van der Waals surface area contributed by atoms with E-state index >= 15 is 0 Å². The van der Waals surface area contributed by atoms with Crippen LogP contribution < -0.4 is 0 Å². The van der Waals surface area contributed by atoms with E-state index in [1.165, 1.54) is 24.8 Å². The number of rotatable bonds is 10. The second-order valence-electron chi connectivity index (χ2n) is 5.22. The van der Waals surface area contributed by atoms with Gasteiger partial charge in [0.25, 0.3) is 0 Å². The molecular formula is C15H25O3PSe. The number of hydrogen-bond acceptors (Lipinski definition) is 1. The Morgan fingerprint density at radius 2 is 1.50 bits per heavy atom. The Hall–Kier alpha value is -0.111. The topological polar surface area (TPSA) is 57.5 Å². The monoisotopic (exact) mass is 364 g/mol. The zero-order chi connectivity index (χ0) is 14.8. The van der Waals surface area contributed by atoms with Crippen LogP contribution >= 0.6 is 7.60 Å². The molecule has 0 spiro atoms. The van der Waals surface area contributed by atoms with E-state index in [0.29, 0.717) is 11.2 Å². The summed E-state index contributed by atoms with van der Waals surface area (Å²) in [7, 11) is -3.78. The van der Waals surface area contributed by atoms with Crippen molar-refractivity contribution in [3.8, 4) is 0 Å². The molecule has 20 heavy (non-hydrogen) atoms. The van der Waals surface area contributed by atoms with Crippen molar-refractivity contribution in [2.75, 3.05) is 6.16 Å². The van der Waals surface area contributed by atoms with E-state index in [0.717, 1.165) is 19.3 Å². The van der Waals surface area contributed by atoms with E-state index < -0.39 is 7.60 Å². The molecule has 0 saturated carbocycles. The summed E-state index contributed by atoms with van der Waals surface area (Å²) in [5.74, 6) is 0. The van der Waals surface area contributed by atoms with Crippen molar-refractivity contribution in [1.82, 2.24) is 0 Å². The number of hydrogen-bond donors (Lipinski definition) is 2. The van der Waals surface area contributed by atoms with Gasteiger partial charge >= 0.3 is 130 Å². The predicted octanol–water partition coefficient (Wildman–Crippen LogP) is 3.54. The molecule has 0 fully saturated rings. The fourth-order valence-electron chi connectivity index (χ4n) is 2.20. The molecule has 0 saturated heterocycles. The van der Waals surface area contributed by atoms with E-state index in [9.17, 15) is 4.57 Å². The molecule has 5 heteroatoms. The van der Waals surface area contributed by atoms with E-state index in [4.69, 9.17) is 9.79 Å². The summed E-state index contributed by atoms with van der Waals surface area (Å²) in [5, 5.41) is 0. The van der Waals surface area contributed by atoms with Crippen LogP contribution in [-0.4, -0.2) is 32.0 Å². The van der Waals surface area contributed by atoms with Crippen molar-refractivity contribution in [2.24, 2.45) is 0 Å². The summed E-state index contributed by atoms with van der Waals surface area (Å²) >= 11 is 2.75. The Morgan fingerprint density at radius 3 is 2.10 bits per heavy atom. The molecule has 1 aromatic carbocycles. The number of unbranched alkanes of at least 4 members (excludes halogenated alkanes) is 5. The molecular weight excluding hydrogens is 338 g/mol. The van der Waals surface area contributed by atoms with Gasteiger partial charge in [0, 0.05) is 0 Å². The van der Waals surface area contributed by atoms with Gasteiger partial charge in [-0.25, -0.2) is 0 Å². The van der Waals surface area contributed by atoms with Crippen LogP contribution in [0.15, 0.2) is 30.3 Å². The van der Waals surface area contributed by atoms with E-state index in [1.54, 1.807) is 0 Å². The fourth-order valence-corrected chi connectivity index (χ4v) is 3.58. The first-order valence-corrected chi connectivity index (χ1v) is 10.1. The van der Waals surface area contributed by atoms with Crippen LogP contribution in [0.3, 0.4) is 0 Å². The van der Waals surface area contributed by atoms with Crippen LogP contribution in [0.2, 0.25) is 0 Å². The molecule has 0 aliphatic carbocycles. The molecule has 1 unspecified atom stereocenters. The van der Waals surface area contributed by atoms with Gasteiger partial charge in [0.15, 0.2) is 0 Å². The molecule has 0 heterocycles. The van der Waals surface area contributed by atoms with Crippen molar-refractivity contribution in [3.05, 3.63) is 35.9 Å². The Bertz CT molecular complexity index is 405. The molecule has 2 N–H and O–H groups in total. The number of benzene rings is 1. The molecule has 3 nitrogen and oxygen atoms in total. The van der Waals surface area contributed by atoms with E-state index in [-0.39, 0.29) is 6.16 Å². The summed E-state index contributed by atoms with van der Waals surface area (Å²) in [5.41, 5.74) is 1.38. The standard InChI is InChI=1S/C15H25O3PSe/c16-19(17,18)13-9-4-2-1-3-8-12-15(20)14-10-6-5-7-11-14/h5-7,10-11,15,20H,1-4,8-9,12-13H2,(H2,16,17,18). The first-order valence-electron chi connectivity index (χ1n) is 7.26. The van der Waals surface area contributed by atoms with Crippen LogP contribution in [0, 0.1) is 0 Å². The summed E-state index contributed by atoms with van der Waals surface area (Å²) in [4.78, 5) is 18.0. The van der Waals surface area contributed by atoms with Crippen molar-refractivity contribution >= 4 is 23.6 Å². The normalized spacial score (nSPS) is 13.3. The average molecular weight is 363 g/mol. The van der Waals surface area contributed by atoms with Crippen LogP contribution in [0.25, 0.3) is 0 Å². The molecule has 0 aliphatic heterocycles. The summed E-state index contributed by atoms with van der Waals surface area (Å²) in [6.07, 6.45) is 7.45. The third-order valence-corrected chi connectivity index (χ3v) is 5.43. The molecule has 0 amide bonds. The maximum atomic E-state index is 10.7. The molecule has 0 radical (unpaired) electrons. The molecule has 0 aromatic heterocycles. The van der Waals surface area contributed by atoms with Gasteiger partial charge in [0.2, 0.25) is 0 Å². The zero-order valence-electron chi connectivity index (χ0n) is 11.8. The van der Waals surface area contributed by atoms with Crippen molar-refractivity contribution in [3.63, 3.8) is 0 Å². The molecule has 0 aliphatic rings.